The number of fused-ring (bicyclic) bond motifs is 1. The Kier molecular flexibility index (Phi) is 5.81. The van der Waals surface area contributed by atoms with Gasteiger partial charge in [-0.3, -0.25) is 4.79 Å². The third-order valence-electron chi connectivity index (χ3n) is 4.03. The van der Waals surface area contributed by atoms with Crippen molar-refractivity contribution < 1.29 is 14.3 Å². The molecule has 0 aliphatic rings. The molecule has 3 aromatic rings. The van der Waals surface area contributed by atoms with Gasteiger partial charge in [0.25, 0.3) is 5.91 Å². The molecule has 1 heterocycles. The number of amides is 1. The van der Waals surface area contributed by atoms with Gasteiger partial charge in [-0.25, -0.2) is 4.98 Å². The van der Waals surface area contributed by atoms with E-state index in [1.165, 1.54) is 0 Å². The SMILES string of the molecule is CC(C)Oc1ccc(-c2cc3ccccc3c(C(=O)NCCC=O)n2)cc1. The summed E-state index contributed by atoms with van der Waals surface area (Å²) in [6.07, 6.45) is 1.17. The van der Waals surface area contributed by atoms with Crippen molar-refractivity contribution in [3.05, 3.63) is 60.3 Å². The fourth-order valence-electron chi connectivity index (χ4n) is 2.82. The molecule has 0 unspecified atom stereocenters. The second-order valence-electron chi connectivity index (χ2n) is 6.48. The predicted octanol–water partition coefficient (Wildman–Crippen LogP) is 4.01. The van der Waals surface area contributed by atoms with Gasteiger partial charge in [0.15, 0.2) is 0 Å². The molecule has 27 heavy (non-hydrogen) atoms. The van der Waals surface area contributed by atoms with Crippen LogP contribution in [0.15, 0.2) is 54.6 Å². The highest BCUT2D eigenvalue weighted by molar-refractivity contribution is 6.06. The third-order valence-corrected chi connectivity index (χ3v) is 4.03. The predicted molar refractivity (Wildman–Crippen MR) is 106 cm³/mol. The van der Waals surface area contributed by atoms with E-state index in [1.54, 1.807) is 0 Å². The van der Waals surface area contributed by atoms with Crippen molar-refractivity contribution in [1.82, 2.24) is 10.3 Å². The Bertz CT molecular complexity index is 949. The van der Waals surface area contributed by atoms with E-state index in [0.29, 0.717) is 17.9 Å². The van der Waals surface area contributed by atoms with Crippen molar-refractivity contribution in [3.8, 4) is 17.0 Å². The fourth-order valence-corrected chi connectivity index (χ4v) is 2.82. The summed E-state index contributed by atoms with van der Waals surface area (Å²) >= 11 is 0. The van der Waals surface area contributed by atoms with Crippen LogP contribution < -0.4 is 10.1 Å². The number of aldehydes is 1. The van der Waals surface area contributed by atoms with Crippen molar-refractivity contribution in [2.75, 3.05) is 6.54 Å². The van der Waals surface area contributed by atoms with Gasteiger partial charge in [-0.15, -0.1) is 0 Å². The average Bonchev–Trinajstić information content (AvgIpc) is 2.67. The quantitative estimate of drug-likeness (QED) is 0.509. The minimum absolute atomic E-state index is 0.108. The van der Waals surface area contributed by atoms with Crippen LogP contribution >= 0.6 is 0 Å². The summed E-state index contributed by atoms with van der Waals surface area (Å²) in [5.74, 6) is 0.510. The Morgan fingerprint density at radius 2 is 1.89 bits per heavy atom. The Labute approximate surface area is 158 Å². The van der Waals surface area contributed by atoms with Gasteiger partial charge in [0.1, 0.15) is 17.7 Å². The van der Waals surface area contributed by atoms with E-state index in [1.807, 2.05) is 68.4 Å². The van der Waals surface area contributed by atoms with Crippen molar-refractivity contribution in [2.24, 2.45) is 0 Å². The molecule has 0 aliphatic heterocycles. The number of ether oxygens (including phenoxy) is 1. The molecule has 0 aliphatic carbocycles. The van der Waals surface area contributed by atoms with Crippen molar-refractivity contribution in [1.29, 1.82) is 0 Å². The number of nitrogens with one attached hydrogen (secondary N) is 1. The molecule has 0 saturated heterocycles. The summed E-state index contributed by atoms with van der Waals surface area (Å²) in [5.41, 5.74) is 1.97. The normalized spacial score (nSPS) is 10.8. The minimum atomic E-state index is -0.283. The summed E-state index contributed by atoms with van der Waals surface area (Å²) in [6.45, 7) is 4.26. The highest BCUT2D eigenvalue weighted by atomic mass is 16.5. The number of carbonyl (C=O) groups is 2. The number of aromatic nitrogens is 1. The summed E-state index contributed by atoms with van der Waals surface area (Å²) in [7, 11) is 0. The molecule has 0 saturated carbocycles. The van der Waals surface area contributed by atoms with Gasteiger partial charge in [0, 0.05) is 23.9 Å². The summed E-state index contributed by atoms with van der Waals surface area (Å²) in [5, 5.41) is 4.47. The van der Waals surface area contributed by atoms with Crippen LogP contribution in [-0.4, -0.2) is 29.8 Å². The minimum Gasteiger partial charge on any atom is -0.491 e. The zero-order valence-corrected chi connectivity index (χ0v) is 15.4. The fraction of sp³-hybridized carbons (Fsp3) is 0.227. The number of hydrogen-bond acceptors (Lipinski definition) is 4. The summed E-state index contributed by atoms with van der Waals surface area (Å²) < 4.78 is 5.68. The van der Waals surface area contributed by atoms with Gasteiger partial charge in [-0.2, -0.15) is 0 Å². The van der Waals surface area contributed by atoms with Gasteiger partial charge in [-0.1, -0.05) is 24.3 Å². The lowest BCUT2D eigenvalue weighted by Gasteiger charge is -2.12. The molecule has 1 N–H and O–H groups in total. The van der Waals surface area contributed by atoms with Gasteiger partial charge in [0.2, 0.25) is 0 Å². The second kappa shape index (κ2) is 8.45. The van der Waals surface area contributed by atoms with Gasteiger partial charge in [0.05, 0.1) is 11.8 Å². The first-order chi connectivity index (χ1) is 13.1. The molecule has 1 amide bonds. The van der Waals surface area contributed by atoms with Crippen LogP contribution in [0.5, 0.6) is 5.75 Å². The average molecular weight is 362 g/mol. The first kappa shape index (κ1) is 18.6. The number of pyridine rings is 1. The lowest BCUT2D eigenvalue weighted by molar-refractivity contribution is -0.107. The Hall–Kier alpha value is -3.21. The van der Waals surface area contributed by atoms with Crippen LogP contribution in [0.2, 0.25) is 0 Å². The lowest BCUT2D eigenvalue weighted by Crippen LogP contribution is -2.26. The van der Waals surface area contributed by atoms with Crippen LogP contribution in [0.25, 0.3) is 22.0 Å². The molecule has 138 valence electrons. The van der Waals surface area contributed by atoms with Crippen LogP contribution in [0, 0.1) is 0 Å². The Morgan fingerprint density at radius 1 is 1.15 bits per heavy atom. The molecule has 3 rings (SSSR count). The standard InChI is InChI=1S/C22H22N2O3/c1-15(2)27-18-10-8-16(9-11-18)20-14-17-6-3-4-7-19(17)21(24-20)22(26)23-12-5-13-25/h3-4,6-11,13-15H,5,12H2,1-2H3,(H,23,26). The molecule has 0 radical (unpaired) electrons. The highest BCUT2D eigenvalue weighted by Crippen LogP contribution is 2.26. The number of carbonyl (C=O) groups excluding carboxylic acids is 2. The maximum Gasteiger partial charge on any atom is 0.270 e. The van der Waals surface area contributed by atoms with E-state index in [-0.39, 0.29) is 18.4 Å². The van der Waals surface area contributed by atoms with E-state index in [9.17, 15) is 9.59 Å². The van der Waals surface area contributed by atoms with Crippen LogP contribution in [-0.2, 0) is 4.79 Å². The zero-order chi connectivity index (χ0) is 19.2. The van der Waals surface area contributed by atoms with Gasteiger partial charge in [-0.05, 0) is 49.6 Å². The third kappa shape index (κ3) is 4.50. The van der Waals surface area contributed by atoms with E-state index >= 15 is 0 Å². The summed E-state index contributed by atoms with van der Waals surface area (Å²) in [6, 6.07) is 17.3. The van der Waals surface area contributed by atoms with Crippen molar-refractivity contribution in [3.63, 3.8) is 0 Å². The van der Waals surface area contributed by atoms with Crippen molar-refractivity contribution >= 4 is 23.0 Å². The Morgan fingerprint density at radius 3 is 2.59 bits per heavy atom. The maximum absolute atomic E-state index is 12.6. The molecular weight excluding hydrogens is 340 g/mol. The first-order valence-electron chi connectivity index (χ1n) is 8.97. The summed E-state index contributed by atoms with van der Waals surface area (Å²) in [4.78, 5) is 27.7. The number of rotatable bonds is 7. The zero-order valence-electron chi connectivity index (χ0n) is 15.4. The van der Waals surface area contributed by atoms with E-state index in [4.69, 9.17) is 4.74 Å². The largest absolute Gasteiger partial charge is 0.491 e. The number of benzene rings is 2. The van der Waals surface area contributed by atoms with Gasteiger partial charge < -0.3 is 14.8 Å². The van der Waals surface area contributed by atoms with Crippen LogP contribution in [0.4, 0.5) is 0 Å². The molecule has 0 spiro atoms. The second-order valence-corrected chi connectivity index (χ2v) is 6.48. The van der Waals surface area contributed by atoms with E-state index in [2.05, 4.69) is 10.3 Å². The molecule has 1 aromatic heterocycles. The van der Waals surface area contributed by atoms with Crippen molar-refractivity contribution in [2.45, 2.75) is 26.4 Å². The lowest BCUT2D eigenvalue weighted by atomic mass is 10.0. The smallest absolute Gasteiger partial charge is 0.270 e. The van der Waals surface area contributed by atoms with Crippen LogP contribution in [0.3, 0.4) is 0 Å². The topological polar surface area (TPSA) is 68.3 Å². The highest BCUT2D eigenvalue weighted by Gasteiger charge is 2.14. The maximum atomic E-state index is 12.6. The molecule has 2 aromatic carbocycles. The number of hydrogen-bond donors (Lipinski definition) is 1. The number of nitrogens with zero attached hydrogens (tertiary/aromatic N) is 1. The van der Waals surface area contributed by atoms with E-state index < -0.39 is 0 Å². The monoisotopic (exact) mass is 362 g/mol. The molecule has 0 bridgehead atoms. The molecule has 5 nitrogen and oxygen atoms in total. The molecule has 0 atom stereocenters. The molecule has 0 fully saturated rings. The Balaban J connectivity index is 1.98. The van der Waals surface area contributed by atoms with Gasteiger partial charge >= 0.3 is 0 Å². The van der Waals surface area contributed by atoms with Crippen LogP contribution in [0.1, 0.15) is 30.8 Å². The molecule has 5 heteroatoms. The molecular formula is C22H22N2O3. The van der Waals surface area contributed by atoms with E-state index in [0.717, 1.165) is 28.4 Å². The first-order valence-corrected chi connectivity index (χ1v) is 8.97.